The van der Waals surface area contributed by atoms with Gasteiger partial charge in [-0.3, -0.25) is 0 Å². The van der Waals surface area contributed by atoms with Gasteiger partial charge in [0.15, 0.2) is 0 Å². The molecule has 58 valence electrons. The number of hydrogen-bond acceptors (Lipinski definition) is 0. The summed E-state index contributed by atoms with van der Waals surface area (Å²) in [6.07, 6.45) is 2.14. The van der Waals surface area contributed by atoms with Gasteiger partial charge in [0.05, 0.1) is 0 Å². The second kappa shape index (κ2) is 2.73. The van der Waals surface area contributed by atoms with Crippen molar-refractivity contribution in [3.63, 3.8) is 0 Å². The van der Waals surface area contributed by atoms with Crippen LogP contribution >= 0.6 is 22.6 Å². The smallest absolute Gasteiger partial charge is 0.127 e. The third-order valence-electron chi connectivity index (χ3n) is 2.12. The van der Waals surface area contributed by atoms with E-state index in [-0.39, 0.29) is 5.82 Å². The van der Waals surface area contributed by atoms with Crippen molar-refractivity contribution >= 4 is 22.6 Å². The molecule has 2 rings (SSSR count). The molecule has 1 aromatic carbocycles. The van der Waals surface area contributed by atoms with Crippen molar-refractivity contribution in [2.24, 2.45) is 0 Å². The topological polar surface area (TPSA) is 0 Å². The van der Waals surface area contributed by atoms with Crippen LogP contribution in [-0.4, -0.2) is 0 Å². The number of hydrogen-bond donors (Lipinski definition) is 0. The summed E-state index contributed by atoms with van der Waals surface area (Å²) in [6, 6.07) is 5.37. The van der Waals surface area contributed by atoms with Gasteiger partial charge in [0, 0.05) is 9.49 Å². The second-order valence-corrected chi connectivity index (χ2v) is 4.32. The van der Waals surface area contributed by atoms with Crippen molar-refractivity contribution in [2.45, 2.75) is 16.8 Å². The highest BCUT2D eigenvalue weighted by molar-refractivity contribution is 14.1. The molecule has 1 atom stereocenters. The minimum absolute atomic E-state index is 0.0283. The Morgan fingerprint density at radius 3 is 3.00 bits per heavy atom. The number of halogens is 2. The summed E-state index contributed by atoms with van der Waals surface area (Å²) in [5.74, 6) is -0.0283. The molecule has 0 aromatic heterocycles. The van der Waals surface area contributed by atoms with Crippen molar-refractivity contribution in [2.75, 3.05) is 0 Å². The van der Waals surface area contributed by atoms with Crippen molar-refractivity contribution in [1.29, 1.82) is 0 Å². The first-order valence-corrected chi connectivity index (χ1v) is 4.95. The van der Waals surface area contributed by atoms with E-state index < -0.39 is 0 Å². The van der Waals surface area contributed by atoms with E-state index in [1.54, 1.807) is 12.1 Å². The lowest BCUT2D eigenvalue weighted by Crippen LogP contribution is -1.88. The van der Waals surface area contributed by atoms with Crippen molar-refractivity contribution in [1.82, 2.24) is 0 Å². The first-order chi connectivity index (χ1) is 5.29. The standard InChI is InChI=1S/C9H8FI/c10-7-3-1-2-6-4-5-8(11)9(6)7/h1-3,8H,4-5H2/t8-/m0/s1. The Labute approximate surface area is 78.9 Å². The summed E-state index contributed by atoms with van der Waals surface area (Å²) < 4.78 is 13.5. The summed E-state index contributed by atoms with van der Waals surface area (Å²) in [5.41, 5.74) is 2.14. The molecule has 1 aliphatic rings. The third-order valence-corrected chi connectivity index (χ3v) is 3.37. The average Bonchev–Trinajstić information content (AvgIpc) is 2.34. The van der Waals surface area contributed by atoms with Crippen LogP contribution in [-0.2, 0) is 6.42 Å². The van der Waals surface area contributed by atoms with Crippen LogP contribution in [0, 0.1) is 5.82 Å². The van der Waals surface area contributed by atoms with Crippen LogP contribution in [0.3, 0.4) is 0 Å². The van der Waals surface area contributed by atoms with Gasteiger partial charge < -0.3 is 0 Å². The van der Waals surface area contributed by atoms with Gasteiger partial charge in [0.25, 0.3) is 0 Å². The minimum atomic E-state index is -0.0283. The molecule has 0 radical (unpaired) electrons. The van der Waals surface area contributed by atoms with Crippen LogP contribution in [0.5, 0.6) is 0 Å². The van der Waals surface area contributed by atoms with Crippen LogP contribution in [0.15, 0.2) is 18.2 Å². The molecule has 0 spiro atoms. The SMILES string of the molecule is Fc1cccc2c1[C@@H](I)CC2. The molecule has 0 saturated heterocycles. The van der Waals surface area contributed by atoms with Gasteiger partial charge in [-0.25, -0.2) is 4.39 Å². The molecule has 0 fully saturated rings. The van der Waals surface area contributed by atoms with E-state index in [1.807, 2.05) is 6.07 Å². The van der Waals surface area contributed by atoms with Crippen LogP contribution in [0.25, 0.3) is 0 Å². The van der Waals surface area contributed by atoms with E-state index in [2.05, 4.69) is 22.6 Å². The summed E-state index contributed by atoms with van der Waals surface area (Å²) >= 11 is 2.31. The molecular formula is C9H8FI. The minimum Gasteiger partial charge on any atom is -0.207 e. The van der Waals surface area contributed by atoms with Gasteiger partial charge in [-0.15, -0.1) is 0 Å². The molecule has 0 aliphatic heterocycles. The highest BCUT2D eigenvalue weighted by atomic mass is 127. The predicted octanol–water partition coefficient (Wildman–Crippen LogP) is 3.25. The fourth-order valence-corrected chi connectivity index (χ4v) is 2.59. The largest absolute Gasteiger partial charge is 0.207 e. The van der Waals surface area contributed by atoms with Crippen LogP contribution in [0.1, 0.15) is 21.5 Å². The van der Waals surface area contributed by atoms with E-state index in [4.69, 9.17) is 0 Å². The average molecular weight is 262 g/mol. The quantitative estimate of drug-likeness (QED) is 0.497. The molecule has 11 heavy (non-hydrogen) atoms. The summed E-state index contributed by atoms with van der Waals surface area (Å²) in [5, 5.41) is 0. The molecule has 0 amide bonds. The van der Waals surface area contributed by atoms with Gasteiger partial charge in [0.1, 0.15) is 5.82 Å². The Balaban J connectivity index is 2.58. The maximum atomic E-state index is 13.1. The highest BCUT2D eigenvalue weighted by Crippen LogP contribution is 2.39. The maximum Gasteiger partial charge on any atom is 0.127 e. The Morgan fingerprint density at radius 2 is 2.27 bits per heavy atom. The van der Waals surface area contributed by atoms with Gasteiger partial charge in [-0.05, 0) is 24.5 Å². The first-order valence-electron chi connectivity index (χ1n) is 3.70. The highest BCUT2D eigenvalue weighted by Gasteiger charge is 2.22. The van der Waals surface area contributed by atoms with E-state index in [0.717, 1.165) is 18.4 Å². The van der Waals surface area contributed by atoms with Crippen LogP contribution in [0.4, 0.5) is 4.39 Å². The third kappa shape index (κ3) is 1.17. The normalized spacial score (nSPS) is 21.8. The fraction of sp³-hybridized carbons (Fsp3) is 0.333. The molecule has 0 unspecified atom stereocenters. The lowest BCUT2D eigenvalue weighted by atomic mass is 10.1. The van der Waals surface area contributed by atoms with Crippen LogP contribution in [0.2, 0.25) is 0 Å². The van der Waals surface area contributed by atoms with E-state index in [1.165, 1.54) is 5.56 Å². The Morgan fingerprint density at radius 1 is 1.45 bits per heavy atom. The molecule has 0 saturated carbocycles. The molecule has 1 aromatic rings. The summed E-state index contributed by atoms with van der Waals surface area (Å²) in [4.78, 5) is 0. The Hall–Kier alpha value is -0.120. The zero-order valence-electron chi connectivity index (χ0n) is 5.98. The molecule has 0 heterocycles. The Bertz CT molecular complexity index is 283. The Kier molecular flexibility index (Phi) is 1.87. The van der Waals surface area contributed by atoms with Crippen molar-refractivity contribution < 1.29 is 4.39 Å². The molecule has 0 nitrogen and oxygen atoms in total. The monoisotopic (exact) mass is 262 g/mol. The van der Waals surface area contributed by atoms with Gasteiger partial charge >= 0.3 is 0 Å². The number of benzene rings is 1. The zero-order valence-corrected chi connectivity index (χ0v) is 8.14. The molecule has 0 N–H and O–H groups in total. The molecule has 2 heteroatoms. The van der Waals surface area contributed by atoms with E-state index in [0.29, 0.717) is 3.92 Å². The number of fused-ring (bicyclic) bond motifs is 1. The van der Waals surface area contributed by atoms with Crippen molar-refractivity contribution in [3.05, 3.63) is 35.1 Å². The molecular weight excluding hydrogens is 254 g/mol. The van der Waals surface area contributed by atoms with E-state index >= 15 is 0 Å². The number of aryl methyl sites for hydroxylation is 1. The second-order valence-electron chi connectivity index (χ2n) is 2.82. The first kappa shape index (κ1) is 7.53. The predicted molar refractivity (Wildman–Crippen MR) is 51.5 cm³/mol. The van der Waals surface area contributed by atoms with Gasteiger partial charge in [-0.1, -0.05) is 34.7 Å². The number of rotatable bonds is 0. The van der Waals surface area contributed by atoms with Crippen LogP contribution < -0.4 is 0 Å². The lowest BCUT2D eigenvalue weighted by molar-refractivity contribution is 0.613. The number of alkyl halides is 1. The van der Waals surface area contributed by atoms with Gasteiger partial charge in [0.2, 0.25) is 0 Å². The summed E-state index contributed by atoms with van der Waals surface area (Å²) in [6.45, 7) is 0. The lowest BCUT2D eigenvalue weighted by Gasteiger charge is -2.02. The molecule has 0 bridgehead atoms. The van der Waals surface area contributed by atoms with Crippen molar-refractivity contribution in [3.8, 4) is 0 Å². The maximum absolute atomic E-state index is 13.1. The fourth-order valence-electron chi connectivity index (χ4n) is 1.58. The van der Waals surface area contributed by atoms with E-state index in [9.17, 15) is 4.39 Å². The zero-order chi connectivity index (χ0) is 7.84. The molecule has 1 aliphatic carbocycles. The van der Waals surface area contributed by atoms with Gasteiger partial charge in [-0.2, -0.15) is 0 Å². The summed E-state index contributed by atoms with van der Waals surface area (Å²) in [7, 11) is 0.